The summed E-state index contributed by atoms with van der Waals surface area (Å²) >= 11 is 8.38. The van der Waals surface area contributed by atoms with Crippen molar-refractivity contribution in [2.75, 3.05) is 5.73 Å². The second-order valence-electron chi connectivity index (χ2n) is 6.31. The van der Waals surface area contributed by atoms with Gasteiger partial charge in [-0.15, -0.1) is 5.10 Å². The molecule has 2 N–H and O–H groups in total. The number of nitrogen functional groups attached to an aromatic ring is 1. The lowest BCUT2D eigenvalue weighted by Crippen LogP contribution is -2.13. The molecule has 5 aromatic rings. The number of fused-ring (bicyclic) bond motifs is 3. The number of hydrogen-bond donors (Lipinski definition) is 1. The van der Waals surface area contributed by atoms with Gasteiger partial charge in [0.2, 0.25) is 17.4 Å². The molecule has 7 nitrogen and oxygen atoms in total. The van der Waals surface area contributed by atoms with E-state index in [1.807, 2.05) is 12.1 Å². The average molecular weight is 516 g/mol. The first kappa shape index (κ1) is 18.1. The molecule has 0 bridgehead atoms. The van der Waals surface area contributed by atoms with E-state index in [4.69, 9.17) is 21.8 Å². The molecule has 9 heteroatoms. The molecule has 0 radical (unpaired) electrons. The van der Waals surface area contributed by atoms with Crippen molar-refractivity contribution < 1.29 is 9.21 Å². The minimum atomic E-state index is -0.293. The number of benzene rings is 2. The number of aromatic nitrogens is 4. The van der Waals surface area contributed by atoms with Gasteiger partial charge >= 0.3 is 0 Å². The maximum Gasteiger partial charge on any atom is 0.230 e. The van der Waals surface area contributed by atoms with E-state index < -0.39 is 0 Å². The lowest BCUT2D eigenvalue weighted by molar-refractivity contribution is 0.102. The van der Waals surface area contributed by atoms with Crippen LogP contribution >= 0.6 is 34.2 Å². The zero-order valence-electron chi connectivity index (χ0n) is 14.6. The van der Waals surface area contributed by atoms with Crippen LogP contribution in [0.4, 0.5) is 5.69 Å². The van der Waals surface area contributed by atoms with E-state index in [1.54, 1.807) is 36.4 Å². The highest BCUT2D eigenvalue weighted by atomic mass is 127. The average Bonchev–Trinajstić information content (AvgIpc) is 3.37. The molecular formula is C20H11ClIN5O2. The van der Waals surface area contributed by atoms with Crippen molar-refractivity contribution in [3.63, 3.8) is 0 Å². The molecule has 2 aromatic carbocycles. The molecule has 0 amide bonds. The molecule has 0 fully saturated rings. The maximum absolute atomic E-state index is 13.2. The van der Waals surface area contributed by atoms with E-state index >= 15 is 0 Å². The number of ketones is 1. The van der Waals surface area contributed by atoms with Gasteiger partial charge in [-0.05, 0) is 71.1 Å². The number of hydrogen-bond acceptors (Lipinski definition) is 6. The first-order valence-electron chi connectivity index (χ1n) is 8.51. The van der Waals surface area contributed by atoms with Crippen LogP contribution in [0.5, 0.6) is 0 Å². The Hall–Kier alpha value is -2.98. The Balaban J connectivity index is 1.84. The molecule has 0 saturated carbocycles. The van der Waals surface area contributed by atoms with Gasteiger partial charge in [0.05, 0.1) is 17.5 Å². The van der Waals surface area contributed by atoms with Crippen LogP contribution in [0.15, 0.2) is 59.2 Å². The van der Waals surface area contributed by atoms with E-state index in [2.05, 4.69) is 37.7 Å². The van der Waals surface area contributed by atoms with Gasteiger partial charge in [-0.2, -0.15) is 4.52 Å². The van der Waals surface area contributed by atoms with Gasteiger partial charge < -0.3 is 10.2 Å². The molecule has 5 rings (SSSR count). The fraction of sp³-hybridized carbons (Fsp3) is 0. The Morgan fingerprint density at radius 2 is 1.93 bits per heavy atom. The predicted octanol–water partition coefficient (Wildman–Crippen LogP) is 4.61. The highest BCUT2D eigenvalue weighted by molar-refractivity contribution is 14.1. The lowest BCUT2D eigenvalue weighted by atomic mass is 10.1. The highest BCUT2D eigenvalue weighted by Crippen LogP contribution is 2.29. The van der Waals surface area contributed by atoms with Crippen LogP contribution < -0.4 is 5.73 Å². The molecule has 0 spiro atoms. The molecule has 0 aliphatic heterocycles. The zero-order valence-corrected chi connectivity index (χ0v) is 17.5. The van der Waals surface area contributed by atoms with E-state index in [1.165, 1.54) is 10.8 Å². The molecular weight excluding hydrogens is 505 g/mol. The standard InChI is InChI=1S/C20H11ClIN5O2/c21-11-8-13-16(14(23)9-11)24-20(17(28)10-3-5-12(22)6-4-10)27-19(13)25-18(26-27)15-2-1-7-29-15/h1-9H,23H2. The minimum Gasteiger partial charge on any atom is -0.461 e. The minimum absolute atomic E-state index is 0.105. The SMILES string of the molecule is Nc1cc(Cl)cc2c1nc(C(=O)c1ccc(I)cc1)n1nc(-c3ccco3)nc21. The third-order valence-electron chi connectivity index (χ3n) is 4.42. The van der Waals surface area contributed by atoms with Crippen molar-refractivity contribution in [2.24, 2.45) is 0 Å². The van der Waals surface area contributed by atoms with Gasteiger partial charge in [0.1, 0.15) is 0 Å². The number of furan rings is 1. The van der Waals surface area contributed by atoms with Crippen molar-refractivity contribution in [2.45, 2.75) is 0 Å². The Labute approximate surface area is 182 Å². The summed E-state index contributed by atoms with van der Waals surface area (Å²) in [6.45, 7) is 0. The molecule has 0 aliphatic carbocycles. The smallest absolute Gasteiger partial charge is 0.230 e. The topological polar surface area (TPSA) is 99.3 Å². The summed E-state index contributed by atoms with van der Waals surface area (Å²) in [6.07, 6.45) is 1.53. The van der Waals surface area contributed by atoms with Crippen LogP contribution in [0, 0.1) is 3.57 Å². The fourth-order valence-corrected chi connectivity index (χ4v) is 3.68. The van der Waals surface area contributed by atoms with E-state index in [0.29, 0.717) is 44.4 Å². The van der Waals surface area contributed by atoms with Crippen LogP contribution in [0.1, 0.15) is 16.2 Å². The van der Waals surface area contributed by atoms with E-state index in [0.717, 1.165) is 3.57 Å². The molecule has 0 saturated heterocycles. The summed E-state index contributed by atoms with van der Waals surface area (Å²) in [5, 5.41) is 5.51. The Bertz CT molecular complexity index is 1390. The monoisotopic (exact) mass is 515 g/mol. The Morgan fingerprint density at radius 1 is 1.14 bits per heavy atom. The summed E-state index contributed by atoms with van der Waals surface area (Å²) in [4.78, 5) is 22.3. The van der Waals surface area contributed by atoms with Crippen molar-refractivity contribution in [3.05, 3.63) is 74.8 Å². The first-order chi connectivity index (χ1) is 14.0. The highest BCUT2D eigenvalue weighted by Gasteiger charge is 2.22. The van der Waals surface area contributed by atoms with Gasteiger partial charge in [0.25, 0.3) is 0 Å². The van der Waals surface area contributed by atoms with Crippen molar-refractivity contribution in [1.82, 2.24) is 19.6 Å². The van der Waals surface area contributed by atoms with Crippen molar-refractivity contribution in [3.8, 4) is 11.6 Å². The number of nitrogens with zero attached hydrogens (tertiary/aromatic N) is 4. The summed E-state index contributed by atoms with van der Waals surface area (Å²) < 4.78 is 7.85. The molecule has 3 heterocycles. The molecule has 0 unspecified atom stereocenters. The molecule has 3 aromatic heterocycles. The van der Waals surface area contributed by atoms with Crippen LogP contribution in [0.25, 0.3) is 28.1 Å². The number of rotatable bonds is 3. The quantitative estimate of drug-likeness (QED) is 0.214. The van der Waals surface area contributed by atoms with Gasteiger partial charge in [0, 0.05) is 19.5 Å². The number of nitrogens with two attached hydrogens (primary N) is 1. The predicted molar refractivity (Wildman–Crippen MR) is 118 cm³/mol. The summed E-state index contributed by atoms with van der Waals surface area (Å²) in [7, 11) is 0. The van der Waals surface area contributed by atoms with Crippen molar-refractivity contribution >= 4 is 62.2 Å². The molecule has 0 aliphatic rings. The fourth-order valence-electron chi connectivity index (χ4n) is 3.09. The van der Waals surface area contributed by atoms with Gasteiger partial charge in [-0.25, -0.2) is 9.97 Å². The van der Waals surface area contributed by atoms with Crippen LogP contribution in [-0.4, -0.2) is 25.4 Å². The van der Waals surface area contributed by atoms with Crippen LogP contribution in [-0.2, 0) is 0 Å². The summed E-state index contributed by atoms with van der Waals surface area (Å²) in [5.41, 5.74) is 7.84. The zero-order chi connectivity index (χ0) is 20.1. The second-order valence-corrected chi connectivity index (χ2v) is 7.99. The molecule has 29 heavy (non-hydrogen) atoms. The largest absolute Gasteiger partial charge is 0.461 e. The lowest BCUT2D eigenvalue weighted by Gasteiger charge is -2.08. The summed E-state index contributed by atoms with van der Waals surface area (Å²) in [5.74, 6) is 0.621. The first-order valence-corrected chi connectivity index (χ1v) is 9.96. The van der Waals surface area contributed by atoms with Crippen LogP contribution in [0.3, 0.4) is 0 Å². The third kappa shape index (κ3) is 3.04. The third-order valence-corrected chi connectivity index (χ3v) is 5.36. The summed E-state index contributed by atoms with van der Waals surface area (Å²) in [6, 6.07) is 14.0. The normalized spacial score (nSPS) is 11.4. The van der Waals surface area contributed by atoms with Crippen molar-refractivity contribution in [1.29, 1.82) is 0 Å². The number of anilines is 1. The number of carbonyl (C=O) groups is 1. The van der Waals surface area contributed by atoms with Gasteiger partial charge in [-0.1, -0.05) is 11.6 Å². The number of halogens is 2. The van der Waals surface area contributed by atoms with E-state index in [-0.39, 0.29) is 11.6 Å². The second kappa shape index (κ2) is 6.82. The number of carbonyl (C=O) groups excluding carboxylic acids is 1. The molecule has 0 atom stereocenters. The molecule has 142 valence electrons. The van der Waals surface area contributed by atoms with Gasteiger partial charge in [0.15, 0.2) is 11.4 Å². The van der Waals surface area contributed by atoms with E-state index in [9.17, 15) is 4.79 Å². The Kier molecular flexibility index (Phi) is 4.25. The maximum atomic E-state index is 13.2. The Morgan fingerprint density at radius 3 is 2.66 bits per heavy atom. The van der Waals surface area contributed by atoms with Gasteiger partial charge in [-0.3, -0.25) is 4.79 Å². The van der Waals surface area contributed by atoms with Crippen LogP contribution in [0.2, 0.25) is 5.02 Å².